The average molecular weight is 258 g/mol. The number of hydrogen-bond donors (Lipinski definition) is 2. The number of aryl methyl sites for hydroxylation is 1. The van der Waals surface area contributed by atoms with Gasteiger partial charge in [0.15, 0.2) is 11.5 Å². The van der Waals surface area contributed by atoms with Crippen molar-refractivity contribution in [1.82, 2.24) is 0 Å². The quantitative estimate of drug-likeness (QED) is 0.864. The third-order valence-corrected chi connectivity index (χ3v) is 2.62. The maximum atomic E-state index is 10.5. The van der Waals surface area contributed by atoms with E-state index in [-0.39, 0.29) is 12.2 Å². The maximum Gasteiger partial charge on any atom is 0.303 e. The van der Waals surface area contributed by atoms with Crippen LogP contribution in [0.5, 0.6) is 17.2 Å². The first kappa shape index (κ1) is 13.0. The monoisotopic (exact) mass is 258 g/mol. The Morgan fingerprint density at radius 2 is 1.84 bits per heavy atom. The van der Waals surface area contributed by atoms with E-state index in [0.717, 1.165) is 5.56 Å². The molecule has 0 heterocycles. The standard InChI is InChI=1S/C15H14O4/c16-13-8-6-11(7-9-15(17)18)10-14(13)19-12-4-2-1-3-5-12/h1-6,8,10,16H,7,9H2,(H,17,18). The Labute approximate surface area is 110 Å². The number of rotatable bonds is 5. The summed E-state index contributed by atoms with van der Waals surface area (Å²) < 4.78 is 5.56. The third-order valence-electron chi connectivity index (χ3n) is 2.62. The molecule has 0 spiro atoms. The lowest BCUT2D eigenvalue weighted by Crippen LogP contribution is -1.97. The first-order valence-corrected chi connectivity index (χ1v) is 5.92. The molecule has 0 fully saturated rings. The van der Waals surface area contributed by atoms with Crippen molar-refractivity contribution in [1.29, 1.82) is 0 Å². The van der Waals surface area contributed by atoms with Gasteiger partial charge in [-0.25, -0.2) is 0 Å². The normalized spacial score (nSPS) is 10.1. The second-order valence-corrected chi connectivity index (χ2v) is 4.11. The molecule has 4 heteroatoms. The summed E-state index contributed by atoms with van der Waals surface area (Å²) in [5.74, 6) is 0.129. The van der Waals surface area contributed by atoms with Gasteiger partial charge in [-0.1, -0.05) is 24.3 Å². The van der Waals surface area contributed by atoms with Crippen LogP contribution < -0.4 is 4.74 Å². The van der Waals surface area contributed by atoms with E-state index in [0.29, 0.717) is 17.9 Å². The summed E-state index contributed by atoms with van der Waals surface area (Å²) in [6.45, 7) is 0. The van der Waals surface area contributed by atoms with E-state index in [4.69, 9.17) is 9.84 Å². The van der Waals surface area contributed by atoms with Gasteiger partial charge < -0.3 is 14.9 Å². The Morgan fingerprint density at radius 3 is 2.53 bits per heavy atom. The van der Waals surface area contributed by atoms with E-state index in [1.54, 1.807) is 24.3 Å². The number of phenols is 1. The van der Waals surface area contributed by atoms with Gasteiger partial charge >= 0.3 is 5.97 Å². The summed E-state index contributed by atoms with van der Waals surface area (Å²) in [5.41, 5.74) is 0.811. The van der Waals surface area contributed by atoms with Crippen LogP contribution in [0.3, 0.4) is 0 Å². The molecule has 0 amide bonds. The minimum atomic E-state index is -0.849. The molecule has 0 bridgehead atoms. The zero-order valence-electron chi connectivity index (χ0n) is 10.2. The summed E-state index contributed by atoms with van der Waals surface area (Å²) in [7, 11) is 0. The van der Waals surface area contributed by atoms with Crippen LogP contribution >= 0.6 is 0 Å². The number of hydrogen-bond acceptors (Lipinski definition) is 3. The number of benzene rings is 2. The highest BCUT2D eigenvalue weighted by Crippen LogP contribution is 2.31. The summed E-state index contributed by atoms with van der Waals surface area (Å²) in [6.07, 6.45) is 0.455. The first-order valence-electron chi connectivity index (χ1n) is 5.92. The van der Waals surface area contributed by atoms with Crippen LogP contribution in [0.25, 0.3) is 0 Å². The molecular weight excluding hydrogens is 244 g/mol. The summed E-state index contributed by atoms with van der Waals surface area (Å²) in [5, 5.41) is 18.4. The van der Waals surface area contributed by atoms with E-state index in [9.17, 15) is 9.90 Å². The number of carboxylic acid groups (broad SMARTS) is 1. The van der Waals surface area contributed by atoms with E-state index in [2.05, 4.69) is 0 Å². The van der Waals surface area contributed by atoms with Gasteiger partial charge in [0, 0.05) is 6.42 Å². The van der Waals surface area contributed by atoms with Gasteiger partial charge in [-0.05, 0) is 36.2 Å². The highest BCUT2D eigenvalue weighted by Gasteiger charge is 2.06. The molecule has 0 aliphatic heterocycles. The van der Waals surface area contributed by atoms with Gasteiger partial charge in [0.05, 0.1) is 0 Å². The van der Waals surface area contributed by atoms with Crippen molar-refractivity contribution in [3.05, 3.63) is 54.1 Å². The number of carbonyl (C=O) groups is 1. The Hall–Kier alpha value is -2.49. The number of aliphatic carboxylic acids is 1. The number of aromatic hydroxyl groups is 1. The molecule has 0 atom stereocenters. The molecule has 0 aromatic heterocycles. The van der Waals surface area contributed by atoms with Gasteiger partial charge in [0.1, 0.15) is 5.75 Å². The van der Waals surface area contributed by atoms with Crippen molar-refractivity contribution in [3.63, 3.8) is 0 Å². The maximum absolute atomic E-state index is 10.5. The zero-order chi connectivity index (χ0) is 13.7. The number of para-hydroxylation sites is 1. The predicted octanol–water partition coefficient (Wildman–Crippen LogP) is 3.20. The Kier molecular flexibility index (Phi) is 4.03. The van der Waals surface area contributed by atoms with Crippen LogP contribution in [0, 0.1) is 0 Å². The molecular formula is C15H14O4. The van der Waals surface area contributed by atoms with Crippen LogP contribution in [-0.4, -0.2) is 16.2 Å². The minimum absolute atomic E-state index is 0.0305. The Bertz CT molecular complexity index is 564. The van der Waals surface area contributed by atoms with Crippen LogP contribution in [-0.2, 0) is 11.2 Å². The Morgan fingerprint density at radius 1 is 1.11 bits per heavy atom. The number of phenolic OH excluding ortho intramolecular Hbond substituents is 1. The fourth-order valence-corrected chi connectivity index (χ4v) is 1.66. The molecule has 0 radical (unpaired) electrons. The largest absolute Gasteiger partial charge is 0.504 e. The SMILES string of the molecule is O=C(O)CCc1ccc(O)c(Oc2ccccc2)c1. The summed E-state index contributed by atoms with van der Waals surface area (Å²) in [6, 6.07) is 14.0. The van der Waals surface area contributed by atoms with Gasteiger partial charge in [-0.15, -0.1) is 0 Å². The van der Waals surface area contributed by atoms with E-state index in [1.807, 2.05) is 18.2 Å². The van der Waals surface area contributed by atoms with Crippen LogP contribution in [0.2, 0.25) is 0 Å². The van der Waals surface area contributed by atoms with Gasteiger partial charge in [-0.3, -0.25) is 4.79 Å². The molecule has 98 valence electrons. The molecule has 2 N–H and O–H groups in total. The lowest BCUT2D eigenvalue weighted by molar-refractivity contribution is -0.136. The fourth-order valence-electron chi connectivity index (χ4n) is 1.66. The van der Waals surface area contributed by atoms with Crippen molar-refractivity contribution in [2.24, 2.45) is 0 Å². The molecule has 0 aliphatic carbocycles. The molecule has 0 saturated carbocycles. The van der Waals surface area contributed by atoms with Crippen molar-refractivity contribution in [2.75, 3.05) is 0 Å². The number of carboxylic acids is 1. The van der Waals surface area contributed by atoms with Crippen molar-refractivity contribution in [3.8, 4) is 17.2 Å². The highest BCUT2D eigenvalue weighted by atomic mass is 16.5. The van der Waals surface area contributed by atoms with E-state index < -0.39 is 5.97 Å². The predicted molar refractivity (Wildman–Crippen MR) is 70.6 cm³/mol. The molecule has 2 rings (SSSR count). The first-order chi connectivity index (χ1) is 9.15. The van der Waals surface area contributed by atoms with Crippen LogP contribution in [0.4, 0.5) is 0 Å². The van der Waals surface area contributed by atoms with Gasteiger partial charge in [-0.2, -0.15) is 0 Å². The van der Waals surface area contributed by atoms with Crippen LogP contribution in [0.1, 0.15) is 12.0 Å². The summed E-state index contributed by atoms with van der Waals surface area (Å²) >= 11 is 0. The molecule has 2 aromatic carbocycles. The smallest absolute Gasteiger partial charge is 0.303 e. The van der Waals surface area contributed by atoms with Crippen molar-refractivity contribution >= 4 is 5.97 Å². The molecule has 4 nitrogen and oxygen atoms in total. The summed E-state index contributed by atoms with van der Waals surface area (Å²) in [4.78, 5) is 10.5. The van der Waals surface area contributed by atoms with Crippen molar-refractivity contribution < 1.29 is 19.7 Å². The molecule has 0 aliphatic rings. The number of ether oxygens (including phenoxy) is 1. The lowest BCUT2D eigenvalue weighted by Gasteiger charge is -2.09. The van der Waals surface area contributed by atoms with Gasteiger partial charge in [0.2, 0.25) is 0 Å². The van der Waals surface area contributed by atoms with Crippen molar-refractivity contribution in [2.45, 2.75) is 12.8 Å². The fraction of sp³-hybridized carbons (Fsp3) is 0.133. The van der Waals surface area contributed by atoms with Crippen LogP contribution in [0.15, 0.2) is 48.5 Å². The second-order valence-electron chi connectivity index (χ2n) is 4.11. The minimum Gasteiger partial charge on any atom is -0.504 e. The van der Waals surface area contributed by atoms with E-state index in [1.165, 1.54) is 6.07 Å². The lowest BCUT2D eigenvalue weighted by atomic mass is 10.1. The molecule has 19 heavy (non-hydrogen) atoms. The Balaban J connectivity index is 2.15. The van der Waals surface area contributed by atoms with E-state index >= 15 is 0 Å². The molecule has 0 unspecified atom stereocenters. The molecule has 2 aromatic rings. The second kappa shape index (κ2) is 5.91. The van der Waals surface area contributed by atoms with Gasteiger partial charge in [0.25, 0.3) is 0 Å². The highest BCUT2D eigenvalue weighted by molar-refractivity contribution is 5.67. The molecule has 0 saturated heterocycles. The average Bonchev–Trinajstić information content (AvgIpc) is 2.41. The topological polar surface area (TPSA) is 66.8 Å². The third kappa shape index (κ3) is 3.74. The zero-order valence-corrected chi connectivity index (χ0v) is 10.2.